The quantitative estimate of drug-likeness (QED) is 0.840. The van der Waals surface area contributed by atoms with Crippen LogP contribution in [0.5, 0.6) is 11.5 Å². The van der Waals surface area contributed by atoms with Gasteiger partial charge >= 0.3 is 5.97 Å². The molecule has 1 heterocycles. The minimum absolute atomic E-state index is 0.0966. The molecule has 0 bridgehead atoms. The molecule has 0 radical (unpaired) electrons. The van der Waals surface area contributed by atoms with Crippen LogP contribution in [0.2, 0.25) is 0 Å². The van der Waals surface area contributed by atoms with Gasteiger partial charge in [-0.2, -0.15) is 0 Å². The zero-order valence-electron chi connectivity index (χ0n) is 13.7. The molecule has 2 aromatic rings. The summed E-state index contributed by atoms with van der Waals surface area (Å²) < 4.78 is 11.0. The smallest absolute Gasteiger partial charge is 0.335 e. The van der Waals surface area contributed by atoms with E-state index in [-0.39, 0.29) is 17.9 Å². The molecule has 1 aliphatic rings. The zero-order valence-corrected chi connectivity index (χ0v) is 13.7. The Kier molecular flexibility index (Phi) is 5.18. The molecule has 6 heteroatoms. The van der Waals surface area contributed by atoms with Gasteiger partial charge in [0.1, 0.15) is 13.2 Å². The summed E-state index contributed by atoms with van der Waals surface area (Å²) in [6.07, 6.45) is 0.918. The molecule has 3 rings (SSSR count). The highest BCUT2D eigenvalue weighted by molar-refractivity contribution is 5.87. The van der Waals surface area contributed by atoms with Gasteiger partial charge in [0.2, 0.25) is 5.91 Å². The van der Waals surface area contributed by atoms with Crippen LogP contribution in [-0.4, -0.2) is 36.7 Å². The molecule has 6 nitrogen and oxygen atoms in total. The first kappa shape index (κ1) is 16.8. The van der Waals surface area contributed by atoms with Gasteiger partial charge in [-0.05, 0) is 41.8 Å². The Labute approximate surface area is 145 Å². The Morgan fingerprint density at radius 1 is 0.960 bits per heavy atom. The summed E-state index contributed by atoms with van der Waals surface area (Å²) in [6, 6.07) is 12.1. The van der Waals surface area contributed by atoms with E-state index in [0.717, 1.165) is 22.6 Å². The van der Waals surface area contributed by atoms with Crippen molar-refractivity contribution in [1.82, 2.24) is 5.32 Å². The molecule has 130 valence electrons. The number of nitrogens with one attached hydrogen (secondary N) is 1. The number of hydrogen-bond acceptors (Lipinski definition) is 4. The van der Waals surface area contributed by atoms with Crippen molar-refractivity contribution in [2.45, 2.75) is 12.8 Å². The fourth-order valence-electron chi connectivity index (χ4n) is 2.60. The number of rotatable bonds is 6. The Morgan fingerprint density at radius 3 is 2.36 bits per heavy atom. The summed E-state index contributed by atoms with van der Waals surface area (Å²) in [5.74, 6) is 0.425. The minimum Gasteiger partial charge on any atom is -0.486 e. The van der Waals surface area contributed by atoms with Crippen LogP contribution in [0.15, 0.2) is 42.5 Å². The van der Waals surface area contributed by atoms with Gasteiger partial charge in [0.15, 0.2) is 11.5 Å². The number of ether oxygens (including phenoxy) is 2. The van der Waals surface area contributed by atoms with E-state index in [0.29, 0.717) is 26.2 Å². The lowest BCUT2D eigenvalue weighted by molar-refractivity contribution is -0.120. The molecule has 0 unspecified atom stereocenters. The van der Waals surface area contributed by atoms with E-state index in [1.807, 2.05) is 18.2 Å². The summed E-state index contributed by atoms with van der Waals surface area (Å²) in [7, 11) is 0. The third-order valence-corrected chi connectivity index (χ3v) is 3.91. The van der Waals surface area contributed by atoms with E-state index in [1.165, 1.54) is 12.1 Å². The third-order valence-electron chi connectivity index (χ3n) is 3.91. The van der Waals surface area contributed by atoms with Crippen LogP contribution in [0.3, 0.4) is 0 Å². The van der Waals surface area contributed by atoms with Crippen LogP contribution < -0.4 is 14.8 Å². The lowest BCUT2D eigenvalue weighted by atomic mass is 10.1. The Hall–Kier alpha value is -3.02. The number of carboxylic acids is 1. The monoisotopic (exact) mass is 341 g/mol. The van der Waals surface area contributed by atoms with Crippen molar-refractivity contribution in [3.63, 3.8) is 0 Å². The third kappa shape index (κ3) is 4.50. The molecule has 0 aliphatic carbocycles. The number of fused-ring (bicyclic) bond motifs is 1. The van der Waals surface area contributed by atoms with Gasteiger partial charge in [-0.1, -0.05) is 18.2 Å². The van der Waals surface area contributed by atoms with Crippen molar-refractivity contribution < 1.29 is 24.2 Å². The maximum atomic E-state index is 12.0. The predicted molar refractivity (Wildman–Crippen MR) is 91.3 cm³/mol. The van der Waals surface area contributed by atoms with Gasteiger partial charge in [0.05, 0.1) is 12.0 Å². The van der Waals surface area contributed by atoms with Gasteiger partial charge in [0.25, 0.3) is 0 Å². The van der Waals surface area contributed by atoms with E-state index < -0.39 is 5.97 Å². The number of aromatic carboxylic acids is 1. The topological polar surface area (TPSA) is 84.9 Å². The second-order valence-electron chi connectivity index (χ2n) is 5.76. The summed E-state index contributed by atoms with van der Waals surface area (Å²) in [5, 5.41) is 11.7. The molecule has 1 aliphatic heterocycles. The average Bonchev–Trinajstić information content (AvgIpc) is 2.62. The molecular weight excluding hydrogens is 322 g/mol. The highest BCUT2D eigenvalue weighted by Gasteiger charge is 2.12. The number of hydrogen-bond donors (Lipinski definition) is 2. The number of amides is 1. The molecule has 2 aromatic carbocycles. The molecule has 0 saturated heterocycles. The van der Waals surface area contributed by atoms with E-state index in [9.17, 15) is 9.59 Å². The predicted octanol–water partition coefficient (Wildman–Crippen LogP) is 2.06. The van der Waals surface area contributed by atoms with Gasteiger partial charge in [-0.3, -0.25) is 4.79 Å². The van der Waals surface area contributed by atoms with Crippen molar-refractivity contribution >= 4 is 11.9 Å². The van der Waals surface area contributed by atoms with E-state index in [1.54, 1.807) is 12.1 Å². The zero-order chi connectivity index (χ0) is 17.6. The van der Waals surface area contributed by atoms with Crippen LogP contribution >= 0.6 is 0 Å². The highest BCUT2D eigenvalue weighted by Crippen LogP contribution is 2.30. The van der Waals surface area contributed by atoms with Crippen molar-refractivity contribution in [2.24, 2.45) is 0 Å². The largest absolute Gasteiger partial charge is 0.486 e. The molecule has 0 atom stereocenters. The molecule has 2 N–H and O–H groups in total. The van der Waals surface area contributed by atoms with Crippen LogP contribution in [0, 0.1) is 0 Å². The molecule has 25 heavy (non-hydrogen) atoms. The molecule has 0 saturated carbocycles. The Morgan fingerprint density at radius 2 is 1.64 bits per heavy atom. The van der Waals surface area contributed by atoms with Gasteiger partial charge in [0, 0.05) is 6.54 Å². The van der Waals surface area contributed by atoms with Crippen LogP contribution in [0.1, 0.15) is 21.5 Å². The van der Waals surface area contributed by atoms with Crippen LogP contribution in [-0.2, 0) is 17.6 Å². The lowest BCUT2D eigenvalue weighted by Crippen LogP contribution is -2.27. The average molecular weight is 341 g/mol. The van der Waals surface area contributed by atoms with Crippen molar-refractivity contribution in [2.75, 3.05) is 19.8 Å². The first-order chi connectivity index (χ1) is 12.1. The van der Waals surface area contributed by atoms with Crippen molar-refractivity contribution in [3.05, 3.63) is 59.2 Å². The fraction of sp³-hybridized carbons (Fsp3) is 0.263. The normalized spacial score (nSPS) is 12.5. The van der Waals surface area contributed by atoms with E-state index >= 15 is 0 Å². The molecule has 0 spiro atoms. The Balaban J connectivity index is 1.47. The standard InChI is InChI=1S/C19H19NO5/c21-18(12-13-1-4-15(5-2-13)19(22)23)20-8-7-14-3-6-16-17(11-14)25-10-9-24-16/h1-6,11H,7-10,12H2,(H,20,21)(H,22,23). The first-order valence-corrected chi connectivity index (χ1v) is 8.09. The molecular formula is C19H19NO5. The maximum absolute atomic E-state index is 12.0. The summed E-state index contributed by atoms with van der Waals surface area (Å²) in [4.78, 5) is 22.8. The van der Waals surface area contributed by atoms with Gasteiger partial charge in [-0.15, -0.1) is 0 Å². The van der Waals surface area contributed by atoms with Crippen LogP contribution in [0.25, 0.3) is 0 Å². The summed E-state index contributed by atoms with van der Waals surface area (Å²) in [5.41, 5.74) is 2.06. The van der Waals surface area contributed by atoms with E-state index in [2.05, 4.69) is 5.32 Å². The number of carbonyl (C=O) groups is 2. The van der Waals surface area contributed by atoms with Crippen molar-refractivity contribution in [1.29, 1.82) is 0 Å². The van der Waals surface area contributed by atoms with E-state index in [4.69, 9.17) is 14.6 Å². The van der Waals surface area contributed by atoms with Gasteiger partial charge in [-0.25, -0.2) is 4.79 Å². The number of carbonyl (C=O) groups excluding carboxylic acids is 1. The first-order valence-electron chi connectivity index (χ1n) is 8.09. The maximum Gasteiger partial charge on any atom is 0.335 e. The highest BCUT2D eigenvalue weighted by atomic mass is 16.6. The SMILES string of the molecule is O=C(Cc1ccc(C(=O)O)cc1)NCCc1ccc2c(c1)OCCO2. The number of carboxylic acid groups (broad SMARTS) is 1. The minimum atomic E-state index is -0.976. The second kappa shape index (κ2) is 7.70. The summed E-state index contributed by atoms with van der Waals surface area (Å²) in [6.45, 7) is 1.63. The number of benzene rings is 2. The Bertz CT molecular complexity index is 770. The van der Waals surface area contributed by atoms with Gasteiger partial charge < -0.3 is 19.9 Å². The van der Waals surface area contributed by atoms with Crippen molar-refractivity contribution in [3.8, 4) is 11.5 Å². The lowest BCUT2D eigenvalue weighted by Gasteiger charge is -2.18. The molecule has 0 fully saturated rings. The molecule has 1 amide bonds. The fourth-order valence-corrected chi connectivity index (χ4v) is 2.60. The molecule has 0 aromatic heterocycles. The van der Waals surface area contributed by atoms with Crippen LogP contribution in [0.4, 0.5) is 0 Å². The second-order valence-corrected chi connectivity index (χ2v) is 5.76. The summed E-state index contributed by atoms with van der Waals surface area (Å²) >= 11 is 0.